The monoisotopic (exact) mass is 427 g/mol. The molecule has 0 aliphatic carbocycles. The van der Waals surface area contributed by atoms with Crippen molar-refractivity contribution in [3.05, 3.63) is 53.8 Å². The third kappa shape index (κ3) is 4.96. The summed E-state index contributed by atoms with van der Waals surface area (Å²) in [6, 6.07) is 11.7. The third-order valence-electron chi connectivity index (χ3n) is 5.67. The summed E-state index contributed by atoms with van der Waals surface area (Å²) in [6.07, 6.45) is 1.95. The van der Waals surface area contributed by atoms with E-state index in [1.807, 2.05) is 18.2 Å². The summed E-state index contributed by atoms with van der Waals surface area (Å²) >= 11 is 0. The van der Waals surface area contributed by atoms with Crippen LogP contribution in [0.4, 0.5) is 10.1 Å². The zero-order chi connectivity index (χ0) is 21.8. The quantitative estimate of drug-likeness (QED) is 0.734. The van der Waals surface area contributed by atoms with Crippen molar-refractivity contribution in [2.45, 2.75) is 25.3 Å². The summed E-state index contributed by atoms with van der Waals surface area (Å²) in [6.45, 7) is 2.20. The Morgan fingerprint density at radius 2 is 1.84 bits per heavy atom. The second-order valence-corrected chi connectivity index (χ2v) is 7.77. The normalized spacial score (nSPS) is 18.0. The number of carbonyl (C=O) groups is 2. The molecule has 2 aromatic rings. The molecule has 2 aliphatic rings. The largest absolute Gasteiger partial charge is 0.486 e. The molecule has 8 heteroatoms. The number of hydrogen-bond donors (Lipinski definition) is 1. The van der Waals surface area contributed by atoms with Crippen molar-refractivity contribution in [3.63, 3.8) is 0 Å². The summed E-state index contributed by atoms with van der Waals surface area (Å²) in [5.74, 6) is 0.442. The van der Waals surface area contributed by atoms with E-state index < -0.39 is 5.91 Å². The van der Waals surface area contributed by atoms with Crippen LogP contribution in [0.1, 0.15) is 30.9 Å². The van der Waals surface area contributed by atoms with Crippen LogP contribution in [0.2, 0.25) is 0 Å². The number of ether oxygens (including phenoxy) is 2. The maximum atomic E-state index is 13.3. The second kappa shape index (κ2) is 9.34. The molecule has 0 saturated carbocycles. The maximum absolute atomic E-state index is 13.3. The minimum atomic E-state index is -0.491. The van der Waals surface area contributed by atoms with Gasteiger partial charge in [-0.25, -0.2) is 4.39 Å². The van der Waals surface area contributed by atoms with Crippen LogP contribution in [0, 0.1) is 5.82 Å². The highest BCUT2D eigenvalue weighted by Gasteiger charge is 2.30. The summed E-state index contributed by atoms with van der Waals surface area (Å²) in [4.78, 5) is 28.1. The van der Waals surface area contributed by atoms with Crippen LogP contribution in [0.3, 0.4) is 0 Å². The van der Waals surface area contributed by atoms with Crippen molar-refractivity contribution >= 4 is 17.5 Å². The van der Waals surface area contributed by atoms with E-state index in [1.54, 1.807) is 0 Å². The second-order valence-electron chi connectivity index (χ2n) is 7.77. The Morgan fingerprint density at radius 1 is 1.10 bits per heavy atom. The SMILES string of the molecule is NC(=O)CCN(C(=O)CN1CCC[C@@H]1c1ccc2c(c1)OCCO2)c1ccc(F)cc1. The maximum Gasteiger partial charge on any atom is 0.241 e. The fourth-order valence-corrected chi connectivity index (χ4v) is 4.16. The highest BCUT2D eigenvalue weighted by Crippen LogP contribution is 2.38. The van der Waals surface area contributed by atoms with Crippen molar-refractivity contribution in [2.24, 2.45) is 5.73 Å². The summed E-state index contributed by atoms with van der Waals surface area (Å²) in [7, 11) is 0. The Balaban J connectivity index is 1.50. The van der Waals surface area contributed by atoms with E-state index in [4.69, 9.17) is 15.2 Å². The van der Waals surface area contributed by atoms with E-state index in [-0.39, 0.29) is 37.3 Å². The number of likely N-dealkylation sites (tertiary alicyclic amines) is 1. The van der Waals surface area contributed by atoms with E-state index in [0.717, 1.165) is 36.4 Å². The molecule has 2 aliphatic heterocycles. The highest BCUT2D eigenvalue weighted by molar-refractivity contribution is 5.95. The van der Waals surface area contributed by atoms with E-state index in [0.29, 0.717) is 18.9 Å². The Hall–Kier alpha value is -3.13. The first kappa shape index (κ1) is 21.1. The standard InChI is InChI=1S/C23H26FN3O4/c24-17-4-6-18(7-5-17)27(11-9-22(25)28)23(29)15-26-10-1-2-19(26)16-3-8-20-21(14-16)31-13-12-30-20/h3-8,14,19H,1-2,9-13,15H2,(H2,25,28)/t19-/m1/s1. The van der Waals surface area contributed by atoms with Crippen LogP contribution < -0.4 is 20.1 Å². The molecule has 2 N–H and O–H groups in total. The third-order valence-corrected chi connectivity index (χ3v) is 5.67. The van der Waals surface area contributed by atoms with Gasteiger partial charge in [0.25, 0.3) is 0 Å². The molecule has 1 saturated heterocycles. The molecular weight excluding hydrogens is 401 g/mol. The zero-order valence-corrected chi connectivity index (χ0v) is 17.3. The van der Waals surface area contributed by atoms with Gasteiger partial charge >= 0.3 is 0 Å². The number of nitrogens with two attached hydrogens (primary N) is 1. The predicted octanol–water partition coefficient (Wildman–Crippen LogP) is 2.64. The molecule has 0 unspecified atom stereocenters. The first-order valence-corrected chi connectivity index (χ1v) is 10.5. The molecule has 0 bridgehead atoms. The molecule has 1 fully saturated rings. The van der Waals surface area contributed by atoms with Gasteiger partial charge in [0, 0.05) is 24.7 Å². The molecule has 2 heterocycles. The van der Waals surface area contributed by atoms with Crippen molar-refractivity contribution in [1.82, 2.24) is 4.90 Å². The lowest BCUT2D eigenvalue weighted by Gasteiger charge is -2.29. The van der Waals surface area contributed by atoms with Gasteiger partial charge in [-0.3, -0.25) is 14.5 Å². The average Bonchev–Trinajstić information content (AvgIpc) is 3.22. The topological polar surface area (TPSA) is 85.1 Å². The lowest BCUT2D eigenvalue weighted by atomic mass is 10.0. The van der Waals surface area contributed by atoms with Crippen molar-refractivity contribution in [1.29, 1.82) is 0 Å². The number of carbonyl (C=O) groups excluding carboxylic acids is 2. The summed E-state index contributed by atoms with van der Waals surface area (Å²) in [5, 5.41) is 0. The van der Waals surface area contributed by atoms with Crippen LogP contribution >= 0.6 is 0 Å². The molecule has 164 valence electrons. The number of fused-ring (bicyclic) bond motifs is 1. The van der Waals surface area contributed by atoms with Gasteiger partial charge in [0.2, 0.25) is 11.8 Å². The molecule has 2 amide bonds. The number of nitrogens with zero attached hydrogens (tertiary/aromatic N) is 2. The van der Waals surface area contributed by atoms with Gasteiger partial charge in [0.15, 0.2) is 11.5 Å². The molecule has 0 radical (unpaired) electrons. The van der Waals surface area contributed by atoms with Crippen molar-refractivity contribution in [3.8, 4) is 11.5 Å². The van der Waals surface area contributed by atoms with Crippen LogP contribution in [0.15, 0.2) is 42.5 Å². The molecule has 31 heavy (non-hydrogen) atoms. The first-order chi connectivity index (χ1) is 15.0. The number of halogens is 1. The molecule has 0 spiro atoms. The van der Waals surface area contributed by atoms with Crippen LogP contribution in [-0.4, -0.2) is 49.6 Å². The smallest absolute Gasteiger partial charge is 0.241 e. The van der Waals surface area contributed by atoms with Gasteiger partial charge < -0.3 is 20.1 Å². The van der Waals surface area contributed by atoms with Crippen molar-refractivity contribution < 1.29 is 23.5 Å². The molecule has 4 rings (SSSR count). The van der Waals surface area contributed by atoms with Gasteiger partial charge in [-0.1, -0.05) is 6.07 Å². The molecule has 7 nitrogen and oxygen atoms in total. The van der Waals surface area contributed by atoms with Crippen LogP contribution in [0.5, 0.6) is 11.5 Å². The number of hydrogen-bond acceptors (Lipinski definition) is 5. The zero-order valence-electron chi connectivity index (χ0n) is 17.3. The molecule has 1 atom stereocenters. The molecule has 0 aromatic heterocycles. The van der Waals surface area contributed by atoms with Gasteiger partial charge in [0.05, 0.1) is 6.54 Å². The first-order valence-electron chi connectivity index (χ1n) is 10.5. The van der Waals surface area contributed by atoms with Gasteiger partial charge in [-0.15, -0.1) is 0 Å². The Labute approximate surface area is 180 Å². The summed E-state index contributed by atoms with van der Waals surface area (Å²) in [5.41, 5.74) is 6.92. The Bertz CT molecular complexity index is 950. The van der Waals surface area contributed by atoms with Gasteiger partial charge in [-0.05, 0) is 61.3 Å². The fourth-order valence-electron chi connectivity index (χ4n) is 4.16. The fraction of sp³-hybridized carbons (Fsp3) is 0.391. The minimum Gasteiger partial charge on any atom is -0.486 e. The van der Waals surface area contributed by atoms with E-state index in [9.17, 15) is 14.0 Å². The highest BCUT2D eigenvalue weighted by atomic mass is 19.1. The Morgan fingerprint density at radius 3 is 2.58 bits per heavy atom. The van der Waals surface area contributed by atoms with Gasteiger partial charge in [0.1, 0.15) is 19.0 Å². The molecule has 2 aromatic carbocycles. The van der Waals surface area contributed by atoms with E-state index in [2.05, 4.69) is 4.90 Å². The van der Waals surface area contributed by atoms with Crippen molar-refractivity contribution in [2.75, 3.05) is 37.7 Å². The van der Waals surface area contributed by atoms with Crippen LogP contribution in [0.25, 0.3) is 0 Å². The lowest BCUT2D eigenvalue weighted by molar-refractivity contribution is -0.120. The number of primary amides is 1. The number of rotatable bonds is 7. The number of benzene rings is 2. The van der Waals surface area contributed by atoms with Gasteiger partial charge in [-0.2, -0.15) is 0 Å². The van der Waals surface area contributed by atoms with Crippen LogP contribution in [-0.2, 0) is 9.59 Å². The average molecular weight is 427 g/mol. The predicted molar refractivity (Wildman–Crippen MR) is 114 cm³/mol. The number of anilines is 1. The molecular formula is C23H26FN3O4. The Kier molecular flexibility index (Phi) is 6.36. The minimum absolute atomic E-state index is 0.0364. The summed E-state index contributed by atoms with van der Waals surface area (Å²) < 4.78 is 24.7. The lowest BCUT2D eigenvalue weighted by Crippen LogP contribution is -2.41. The van der Waals surface area contributed by atoms with E-state index in [1.165, 1.54) is 29.2 Å². The van der Waals surface area contributed by atoms with E-state index >= 15 is 0 Å². The number of amides is 2.